The minimum absolute atomic E-state index is 0.0565. The molecule has 2 atom stereocenters. The fraction of sp³-hybridized carbons (Fsp3) is 0.182. The lowest BCUT2D eigenvalue weighted by atomic mass is 9.96. The van der Waals surface area contributed by atoms with E-state index < -0.39 is 0 Å². The van der Waals surface area contributed by atoms with Crippen LogP contribution in [0.5, 0.6) is 11.5 Å². The predicted octanol–water partition coefficient (Wildman–Crippen LogP) is 2.94. The number of aromatic nitrogens is 3. The molecule has 1 saturated heterocycles. The van der Waals surface area contributed by atoms with Crippen LogP contribution < -0.4 is 20.9 Å². The zero-order chi connectivity index (χ0) is 22.2. The molecule has 0 saturated carbocycles. The number of hydrazine groups is 1. The van der Waals surface area contributed by atoms with Crippen molar-refractivity contribution in [1.29, 1.82) is 0 Å². The number of halogens is 1. The van der Waals surface area contributed by atoms with Gasteiger partial charge in [0.1, 0.15) is 23.0 Å². The number of ether oxygens (including phenoxy) is 1. The molecule has 1 fully saturated rings. The lowest BCUT2D eigenvalue weighted by Crippen LogP contribution is -2.31. The molecule has 1 amide bonds. The minimum atomic E-state index is -0.278. The quantitative estimate of drug-likeness (QED) is 0.565. The second-order valence-electron chi connectivity index (χ2n) is 7.39. The van der Waals surface area contributed by atoms with E-state index in [1.165, 1.54) is 6.20 Å². The standard InChI is InChI=1S/C22H20ClN7O2/c1-24-21(31)17-11-13(8-9-25-17)32-12-6-7-18-16(10-12)26-22(30(18)2)27-20-19-14(23)4-3-5-15(19)28-29-20/h3-11,15,19,28H,1-2H3,(H,24,31)(H,26,27,29). The Kier molecular flexibility index (Phi) is 5.12. The van der Waals surface area contributed by atoms with Crippen LogP contribution in [0.2, 0.25) is 0 Å². The number of nitrogens with one attached hydrogen (secondary N) is 3. The number of rotatable bonds is 4. The highest BCUT2D eigenvalue weighted by Crippen LogP contribution is 2.31. The molecule has 1 aromatic carbocycles. The van der Waals surface area contributed by atoms with Gasteiger partial charge >= 0.3 is 0 Å². The second-order valence-corrected chi connectivity index (χ2v) is 7.82. The van der Waals surface area contributed by atoms with Crippen molar-refractivity contribution in [2.24, 2.45) is 18.0 Å². The van der Waals surface area contributed by atoms with Gasteiger partial charge in [-0.15, -0.1) is 0 Å². The van der Waals surface area contributed by atoms with Gasteiger partial charge in [-0.2, -0.15) is 4.99 Å². The molecule has 162 valence electrons. The predicted molar refractivity (Wildman–Crippen MR) is 122 cm³/mol. The number of nitrogens with zero attached hydrogens (tertiary/aromatic N) is 4. The molecule has 3 aromatic rings. The number of benzene rings is 1. The third-order valence-corrected chi connectivity index (χ3v) is 5.73. The highest BCUT2D eigenvalue weighted by atomic mass is 35.5. The van der Waals surface area contributed by atoms with Crippen LogP contribution in [0.1, 0.15) is 10.5 Å². The Morgan fingerprint density at radius 3 is 2.97 bits per heavy atom. The van der Waals surface area contributed by atoms with Crippen LogP contribution in [-0.4, -0.2) is 39.4 Å². The van der Waals surface area contributed by atoms with E-state index in [0.29, 0.717) is 23.3 Å². The number of carbonyl (C=O) groups excluding carboxylic acids is 1. The Labute approximate surface area is 188 Å². The highest BCUT2D eigenvalue weighted by molar-refractivity contribution is 6.32. The number of amides is 1. The molecule has 3 heterocycles. The van der Waals surface area contributed by atoms with Gasteiger partial charge < -0.3 is 20.0 Å². The largest absolute Gasteiger partial charge is 0.457 e. The molecule has 2 unspecified atom stereocenters. The third-order valence-electron chi connectivity index (χ3n) is 5.37. The summed E-state index contributed by atoms with van der Waals surface area (Å²) < 4.78 is 7.84. The van der Waals surface area contributed by atoms with Crippen molar-refractivity contribution in [2.75, 3.05) is 7.05 Å². The zero-order valence-electron chi connectivity index (χ0n) is 17.3. The molecule has 2 aliphatic rings. The lowest BCUT2D eigenvalue weighted by Gasteiger charge is -2.16. The van der Waals surface area contributed by atoms with Gasteiger partial charge in [0.25, 0.3) is 5.91 Å². The van der Waals surface area contributed by atoms with E-state index in [4.69, 9.17) is 21.3 Å². The first-order valence-electron chi connectivity index (χ1n) is 10.00. The second kappa shape index (κ2) is 8.10. The summed E-state index contributed by atoms with van der Waals surface area (Å²) in [4.78, 5) is 25.2. The SMILES string of the molecule is CNC(=O)c1cc(Oc2ccc3c(c2)nc(N=C2NNC4C=CC=C(Cl)C24)n3C)ccn1. The molecule has 5 rings (SSSR count). The summed E-state index contributed by atoms with van der Waals surface area (Å²) in [6, 6.07) is 8.93. The number of aryl methyl sites for hydroxylation is 1. The lowest BCUT2D eigenvalue weighted by molar-refractivity contribution is 0.0958. The summed E-state index contributed by atoms with van der Waals surface area (Å²) in [5.41, 5.74) is 8.22. The smallest absolute Gasteiger partial charge is 0.269 e. The molecule has 32 heavy (non-hydrogen) atoms. The van der Waals surface area contributed by atoms with Crippen LogP contribution in [0.4, 0.5) is 5.95 Å². The monoisotopic (exact) mass is 449 g/mol. The third kappa shape index (κ3) is 3.61. The first-order valence-corrected chi connectivity index (χ1v) is 10.4. The van der Waals surface area contributed by atoms with E-state index in [9.17, 15) is 4.79 Å². The molecule has 0 bridgehead atoms. The van der Waals surface area contributed by atoms with Crippen LogP contribution in [-0.2, 0) is 7.05 Å². The van der Waals surface area contributed by atoms with Crippen LogP contribution in [0.3, 0.4) is 0 Å². The van der Waals surface area contributed by atoms with Gasteiger partial charge in [-0.1, -0.05) is 23.8 Å². The molecule has 1 aliphatic heterocycles. The summed E-state index contributed by atoms with van der Waals surface area (Å²) in [6.07, 6.45) is 7.38. The molecule has 10 heteroatoms. The van der Waals surface area contributed by atoms with Crippen molar-refractivity contribution >= 4 is 40.3 Å². The van der Waals surface area contributed by atoms with E-state index in [1.54, 1.807) is 19.2 Å². The van der Waals surface area contributed by atoms with Crippen LogP contribution >= 0.6 is 11.6 Å². The van der Waals surface area contributed by atoms with Gasteiger partial charge in [0.15, 0.2) is 0 Å². The highest BCUT2D eigenvalue weighted by Gasteiger charge is 2.35. The number of aliphatic imine (C=N–C) groups is 1. The Morgan fingerprint density at radius 1 is 1.28 bits per heavy atom. The van der Waals surface area contributed by atoms with Crippen molar-refractivity contribution in [3.05, 3.63) is 65.5 Å². The summed E-state index contributed by atoms with van der Waals surface area (Å²) in [5.74, 6) is 2.02. The zero-order valence-corrected chi connectivity index (χ0v) is 18.1. The maximum absolute atomic E-state index is 11.8. The normalized spacial score (nSPS) is 20.7. The van der Waals surface area contributed by atoms with Crippen LogP contribution in [0, 0.1) is 5.92 Å². The number of imidazole rings is 1. The van der Waals surface area contributed by atoms with Crippen molar-refractivity contribution in [3.8, 4) is 11.5 Å². The fourth-order valence-corrected chi connectivity index (χ4v) is 4.03. The Hall–Kier alpha value is -3.69. The molecule has 2 aromatic heterocycles. The average Bonchev–Trinajstić information content (AvgIpc) is 3.35. The number of pyridine rings is 1. The Morgan fingerprint density at radius 2 is 2.12 bits per heavy atom. The first kappa shape index (κ1) is 20.2. The molecular formula is C22H20ClN7O2. The first-order chi connectivity index (χ1) is 15.5. The summed E-state index contributed by atoms with van der Waals surface area (Å²) in [7, 11) is 3.46. The van der Waals surface area contributed by atoms with Gasteiger partial charge in [0.2, 0.25) is 5.95 Å². The number of carbonyl (C=O) groups is 1. The van der Waals surface area contributed by atoms with Crippen LogP contribution in [0.15, 0.2) is 64.8 Å². The molecule has 0 spiro atoms. The topological polar surface area (TPSA) is 105 Å². The van der Waals surface area contributed by atoms with Gasteiger partial charge in [0.05, 0.1) is 23.0 Å². The number of hydrogen-bond donors (Lipinski definition) is 3. The van der Waals surface area contributed by atoms with Gasteiger partial charge in [-0.3, -0.25) is 9.78 Å². The van der Waals surface area contributed by atoms with E-state index in [1.807, 2.05) is 48.0 Å². The summed E-state index contributed by atoms with van der Waals surface area (Å²) in [5, 5.41) is 3.27. The molecular weight excluding hydrogens is 430 g/mol. The molecule has 3 N–H and O–H groups in total. The van der Waals surface area contributed by atoms with E-state index in [2.05, 4.69) is 26.1 Å². The van der Waals surface area contributed by atoms with Crippen molar-refractivity contribution in [3.63, 3.8) is 0 Å². The fourth-order valence-electron chi connectivity index (χ4n) is 3.72. The maximum Gasteiger partial charge on any atom is 0.269 e. The van der Waals surface area contributed by atoms with Gasteiger partial charge in [-0.05, 0) is 24.3 Å². The average molecular weight is 450 g/mol. The van der Waals surface area contributed by atoms with Gasteiger partial charge in [-0.25, -0.2) is 10.4 Å². The minimum Gasteiger partial charge on any atom is -0.457 e. The number of allylic oxidation sites excluding steroid dienone is 2. The maximum atomic E-state index is 11.8. The number of amidine groups is 1. The van der Waals surface area contributed by atoms with Crippen molar-refractivity contribution in [1.82, 2.24) is 30.7 Å². The molecule has 9 nitrogen and oxygen atoms in total. The van der Waals surface area contributed by atoms with Gasteiger partial charge in [0, 0.05) is 37.5 Å². The summed E-state index contributed by atoms with van der Waals surface area (Å²) in [6.45, 7) is 0. The van der Waals surface area contributed by atoms with E-state index >= 15 is 0 Å². The summed E-state index contributed by atoms with van der Waals surface area (Å²) >= 11 is 6.41. The van der Waals surface area contributed by atoms with Crippen molar-refractivity contribution < 1.29 is 9.53 Å². The Bertz CT molecular complexity index is 1310. The van der Waals surface area contributed by atoms with E-state index in [-0.39, 0.29) is 23.6 Å². The van der Waals surface area contributed by atoms with Crippen LogP contribution in [0.25, 0.3) is 11.0 Å². The molecule has 1 aliphatic carbocycles. The van der Waals surface area contributed by atoms with E-state index in [0.717, 1.165) is 16.1 Å². The van der Waals surface area contributed by atoms with Crippen molar-refractivity contribution in [2.45, 2.75) is 6.04 Å². The number of fused-ring (bicyclic) bond motifs is 2. The number of hydrogen-bond acceptors (Lipinski definition) is 6. The molecule has 0 radical (unpaired) electrons. The Balaban J connectivity index is 1.43.